The molecule has 0 aromatic heterocycles. The topological polar surface area (TPSA) is 26.0 Å². The number of rotatable bonds is 1. The molecule has 1 nitrogen and oxygen atoms in total. The molecule has 0 spiro atoms. The third-order valence-corrected chi connectivity index (χ3v) is 1.70. The van der Waals surface area contributed by atoms with E-state index in [-0.39, 0.29) is 5.56 Å². The van der Waals surface area contributed by atoms with Gasteiger partial charge in [-0.1, -0.05) is 0 Å². The Bertz CT molecular complexity index is 328. The van der Waals surface area contributed by atoms with Crippen LogP contribution in [0, 0.1) is 17.5 Å². The van der Waals surface area contributed by atoms with Crippen LogP contribution in [0.5, 0.6) is 0 Å². The second kappa shape index (κ2) is 3.03. The number of nitrogens with two attached hydrogens (primary N) is 1. The Morgan fingerprint density at radius 2 is 1.46 bits per heavy atom. The van der Waals surface area contributed by atoms with Crippen LogP contribution in [0.1, 0.15) is 19.4 Å². The summed E-state index contributed by atoms with van der Waals surface area (Å²) in [5.74, 6) is -3.12. The van der Waals surface area contributed by atoms with Gasteiger partial charge in [-0.05, 0) is 19.9 Å². The normalized spacial score (nSPS) is 11.8. The maximum absolute atomic E-state index is 13.0. The van der Waals surface area contributed by atoms with E-state index in [1.807, 2.05) is 0 Å². The minimum atomic E-state index is -1.20. The lowest BCUT2D eigenvalue weighted by Crippen LogP contribution is -2.30. The number of hydrogen-bond donors (Lipinski definition) is 1. The van der Waals surface area contributed by atoms with Crippen molar-refractivity contribution in [2.75, 3.05) is 0 Å². The van der Waals surface area contributed by atoms with Gasteiger partial charge < -0.3 is 5.73 Å². The van der Waals surface area contributed by atoms with Crippen molar-refractivity contribution >= 4 is 0 Å². The quantitative estimate of drug-likeness (QED) is 0.674. The first-order valence-electron chi connectivity index (χ1n) is 3.76. The van der Waals surface area contributed by atoms with Gasteiger partial charge in [0, 0.05) is 17.2 Å². The minimum absolute atomic E-state index is 0.0357. The van der Waals surface area contributed by atoms with Gasteiger partial charge in [0.05, 0.1) is 0 Å². The largest absolute Gasteiger partial charge is 0.322 e. The van der Waals surface area contributed by atoms with Crippen molar-refractivity contribution in [2.24, 2.45) is 5.73 Å². The monoisotopic (exact) mass is 189 g/mol. The van der Waals surface area contributed by atoms with Crippen molar-refractivity contribution in [3.8, 4) is 0 Å². The van der Waals surface area contributed by atoms with Gasteiger partial charge in [-0.2, -0.15) is 0 Å². The highest BCUT2D eigenvalue weighted by atomic mass is 19.2. The van der Waals surface area contributed by atoms with Crippen LogP contribution in [0.25, 0.3) is 0 Å². The molecule has 0 bridgehead atoms. The SMILES string of the molecule is CC(C)(N)c1cc(F)c(F)cc1F. The van der Waals surface area contributed by atoms with Gasteiger partial charge in [0.25, 0.3) is 0 Å². The average molecular weight is 189 g/mol. The molecule has 0 unspecified atom stereocenters. The molecule has 0 heterocycles. The Morgan fingerprint density at radius 3 is 1.92 bits per heavy atom. The average Bonchev–Trinajstić information content (AvgIpc) is 1.94. The molecule has 0 amide bonds. The zero-order valence-electron chi connectivity index (χ0n) is 7.37. The summed E-state index contributed by atoms with van der Waals surface area (Å²) >= 11 is 0. The third kappa shape index (κ3) is 2.01. The van der Waals surface area contributed by atoms with Crippen molar-refractivity contribution in [2.45, 2.75) is 19.4 Å². The maximum atomic E-state index is 13.0. The number of hydrogen-bond acceptors (Lipinski definition) is 1. The first kappa shape index (κ1) is 10.1. The molecule has 0 aliphatic carbocycles. The standard InChI is InChI=1S/C9H10F3N/c1-9(2,13)5-3-7(11)8(12)4-6(5)10/h3-4H,13H2,1-2H3. The van der Waals surface area contributed by atoms with E-state index in [1.165, 1.54) is 13.8 Å². The molecule has 72 valence electrons. The fourth-order valence-electron chi connectivity index (χ4n) is 1.02. The molecule has 4 heteroatoms. The molecule has 0 fully saturated rings. The molecule has 0 saturated carbocycles. The molecule has 13 heavy (non-hydrogen) atoms. The predicted octanol–water partition coefficient (Wildman–Crippen LogP) is 2.30. The first-order valence-corrected chi connectivity index (χ1v) is 3.76. The molecule has 0 atom stereocenters. The number of benzene rings is 1. The molecule has 2 N–H and O–H groups in total. The summed E-state index contributed by atoms with van der Waals surface area (Å²) in [6.07, 6.45) is 0. The third-order valence-electron chi connectivity index (χ3n) is 1.70. The van der Waals surface area contributed by atoms with Gasteiger partial charge in [-0.25, -0.2) is 13.2 Å². The fraction of sp³-hybridized carbons (Fsp3) is 0.333. The molecule has 0 saturated heterocycles. The smallest absolute Gasteiger partial charge is 0.161 e. The summed E-state index contributed by atoms with van der Waals surface area (Å²) in [5, 5.41) is 0. The van der Waals surface area contributed by atoms with E-state index < -0.39 is 23.0 Å². The van der Waals surface area contributed by atoms with Crippen molar-refractivity contribution in [3.63, 3.8) is 0 Å². The van der Waals surface area contributed by atoms with Gasteiger partial charge in [-0.3, -0.25) is 0 Å². The van der Waals surface area contributed by atoms with Crippen LogP contribution in [-0.4, -0.2) is 0 Å². The zero-order chi connectivity index (χ0) is 10.2. The molecular weight excluding hydrogens is 179 g/mol. The molecule has 0 aliphatic heterocycles. The van der Waals surface area contributed by atoms with E-state index in [9.17, 15) is 13.2 Å². The molecule has 1 rings (SSSR count). The van der Waals surface area contributed by atoms with Crippen molar-refractivity contribution < 1.29 is 13.2 Å². The van der Waals surface area contributed by atoms with Crippen LogP contribution < -0.4 is 5.73 Å². The van der Waals surface area contributed by atoms with Crippen LogP contribution in [0.2, 0.25) is 0 Å². The van der Waals surface area contributed by atoms with Crippen LogP contribution >= 0.6 is 0 Å². The van der Waals surface area contributed by atoms with Gasteiger partial charge in [-0.15, -0.1) is 0 Å². The Balaban J connectivity index is 3.32. The summed E-state index contributed by atoms with van der Waals surface area (Å²) in [6, 6.07) is 1.28. The molecule has 1 aromatic carbocycles. The second-order valence-electron chi connectivity index (χ2n) is 3.47. The van der Waals surface area contributed by atoms with E-state index in [0.717, 1.165) is 6.07 Å². The lowest BCUT2D eigenvalue weighted by Gasteiger charge is -2.19. The Labute approximate surface area is 74.4 Å². The predicted molar refractivity (Wildman–Crippen MR) is 43.5 cm³/mol. The van der Waals surface area contributed by atoms with E-state index >= 15 is 0 Å². The summed E-state index contributed by atoms with van der Waals surface area (Å²) in [5.41, 5.74) is 4.50. The first-order chi connectivity index (χ1) is 5.82. The van der Waals surface area contributed by atoms with Crippen LogP contribution in [0.15, 0.2) is 12.1 Å². The highest BCUT2D eigenvalue weighted by molar-refractivity contribution is 5.25. The lowest BCUT2D eigenvalue weighted by molar-refractivity contribution is 0.460. The summed E-state index contributed by atoms with van der Waals surface area (Å²) < 4.78 is 38.2. The van der Waals surface area contributed by atoms with Crippen LogP contribution in [0.4, 0.5) is 13.2 Å². The lowest BCUT2D eigenvalue weighted by atomic mass is 9.95. The summed E-state index contributed by atoms with van der Waals surface area (Å²) in [6.45, 7) is 3.03. The molecule has 1 aromatic rings. The fourth-order valence-corrected chi connectivity index (χ4v) is 1.02. The van der Waals surface area contributed by atoms with Crippen LogP contribution in [0.3, 0.4) is 0 Å². The van der Waals surface area contributed by atoms with Gasteiger partial charge in [0.1, 0.15) is 5.82 Å². The second-order valence-corrected chi connectivity index (χ2v) is 3.47. The molecular formula is C9H10F3N. The van der Waals surface area contributed by atoms with E-state index in [0.29, 0.717) is 6.07 Å². The van der Waals surface area contributed by atoms with Gasteiger partial charge in [0.2, 0.25) is 0 Å². The Hall–Kier alpha value is -1.03. The zero-order valence-corrected chi connectivity index (χ0v) is 7.37. The van der Waals surface area contributed by atoms with Gasteiger partial charge >= 0.3 is 0 Å². The summed E-state index contributed by atoms with van der Waals surface area (Å²) in [7, 11) is 0. The minimum Gasteiger partial charge on any atom is -0.322 e. The van der Waals surface area contributed by atoms with E-state index in [2.05, 4.69) is 0 Å². The number of halogens is 3. The van der Waals surface area contributed by atoms with Crippen molar-refractivity contribution in [1.82, 2.24) is 0 Å². The summed E-state index contributed by atoms with van der Waals surface area (Å²) in [4.78, 5) is 0. The van der Waals surface area contributed by atoms with E-state index in [4.69, 9.17) is 5.73 Å². The van der Waals surface area contributed by atoms with E-state index in [1.54, 1.807) is 0 Å². The van der Waals surface area contributed by atoms with Crippen LogP contribution in [-0.2, 0) is 5.54 Å². The maximum Gasteiger partial charge on any atom is 0.161 e. The highest BCUT2D eigenvalue weighted by Crippen LogP contribution is 2.22. The van der Waals surface area contributed by atoms with Crippen molar-refractivity contribution in [3.05, 3.63) is 35.1 Å². The highest BCUT2D eigenvalue weighted by Gasteiger charge is 2.21. The Kier molecular flexibility index (Phi) is 2.34. The van der Waals surface area contributed by atoms with Crippen molar-refractivity contribution in [1.29, 1.82) is 0 Å². The molecule has 0 radical (unpaired) electrons. The van der Waals surface area contributed by atoms with Gasteiger partial charge in [0.15, 0.2) is 11.6 Å². The molecule has 0 aliphatic rings. The Morgan fingerprint density at radius 1 is 1.00 bits per heavy atom.